The summed E-state index contributed by atoms with van der Waals surface area (Å²) in [5, 5.41) is 17.7. The molecule has 0 unspecified atom stereocenters. The van der Waals surface area contributed by atoms with Gasteiger partial charge in [-0.15, -0.1) is 11.3 Å². The first-order valence-electron chi connectivity index (χ1n) is 9.64. The average Bonchev–Trinajstić information content (AvgIpc) is 3.34. The standard InChI is InChI=1S/C21H21ClN4O3S/c1-2-18(28)23-12-10-17(30-11-12)20(29)25-21-24-16-5-3-4-15(22)19(16)26(21)13-6-8-14(27)9-7-13/h2-5,10-11,13-14,27H,1,6-9H2,(H,23,28)(H,24,25,29). The molecule has 30 heavy (non-hydrogen) atoms. The predicted octanol–water partition coefficient (Wildman–Crippen LogP) is 4.60. The fourth-order valence-corrected chi connectivity index (χ4v) is 4.74. The second-order valence-electron chi connectivity index (χ2n) is 7.22. The fraction of sp³-hybridized carbons (Fsp3) is 0.286. The minimum atomic E-state index is -0.337. The van der Waals surface area contributed by atoms with Crippen LogP contribution in [0.4, 0.5) is 11.6 Å². The molecule has 9 heteroatoms. The van der Waals surface area contributed by atoms with Gasteiger partial charge in [-0.25, -0.2) is 4.98 Å². The Hall–Kier alpha value is -2.68. The summed E-state index contributed by atoms with van der Waals surface area (Å²) >= 11 is 7.70. The van der Waals surface area contributed by atoms with Crippen LogP contribution < -0.4 is 10.6 Å². The number of carbonyl (C=O) groups excluding carboxylic acids is 2. The lowest BCUT2D eigenvalue weighted by Gasteiger charge is -2.28. The number of aromatic nitrogens is 2. The summed E-state index contributed by atoms with van der Waals surface area (Å²) in [5.41, 5.74) is 2.02. The fourth-order valence-electron chi connectivity index (χ4n) is 3.74. The first-order chi connectivity index (χ1) is 14.5. The van der Waals surface area contributed by atoms with Gasteiger partial charge in [0, 0.05) is 11.4 Å². The maximum absolute atomic E-state index is 12.9. The molecule has 1 saturated carbocycles. The third-order valence-corrected chi connectivity index (χ3v) is 6.43. The zero-order chi connectivity index (χ0) is 21.3. The third kappa shape index (κ3) is 4.12. The van der Waals surface area contributed by atoms with Gasteiger partial charge in [0.05, 0.1) is 32.7 Å². The van der Waals surface area contributed by atoms with Crippen LogP contribution in [0.3, 0.4) is 0 Å². The van der Waals surface area contributed by atoms with Crippen molar-refractivity contribution < 1.29 is 14.7 Å². The highest BCUT2D eigenvalue weighted by molar-refractivity contribution is 7.12. The number of aliphatic hydroxyl groups is 1. The summed E-state index contributed by atoms with van der Waals surface area (Å²) in [6.45, 7) is 3.42. The van der Waals surface area contributed by atoms with E-state index in [1.165, 1.54) is 17.4 Å². The number of rotatable bonds is 5. The average molecular weight is 445 g/mol. The molecule has 1 aromatic carbocycles. The van der Waals surface area contributed by atoms with Gasteiger partial charge in [0.2, 0.25) is 11.9 Å². The Bertz CT molecular complexity index is 1110. The number of fused-ring (bicyclic) bond motifs is 1. The molecule has 1 fully saturated rings. The Labute approximate surface area is 182 Å². The second-order valence-corrected chi connectivity index (χ2v) is 8.54. The molecule has 0 bridgehead atoms. The zero-order valence-corrected chi connectivity index (χ0v) is 17.7. The molecule has 156 valence electrons. The number of benzene rings is 1. The van der Waals surface area contributed by atoms with Gasteiger partial charge in [0.25, 0.3) is 5.91 Å². The molecule has 0 radical (unpaired) electrons. The van der Waals surface area contributed by atoms with Crippen molar-refractivity contribution in [2.24, 2.45) is 0 Å². The Kier molecular flexibility index (Phi) is 5.90. The Morgan fingerprint density at radius 1 is 1.27 bits per heavy atom. The third-order valence-electron chi connectivity index (χ3n) is 5.19. The van der Waals surface area contributed by atoms with Gasteiger partial charge in [-0.1, -0.05) is 24.2 Å². The van der Waals surface area contributed by atoms with Crippen LogP contribution in [0.25, 0.3) is 11.0 Å². The zero-order valence-electron chi connectivity index (χ0n) is 16.1. The van der Waals surface area contributed by atoms with Crippen molar-refractivity contribution in [3.63, 3.8) is 0 Å². The van der Waals surface area contributed by atoms with Crippen LogP contribution in [0, 0.1) is 0 Å². The lowest BCUT2D eigenvalue weighted by molar-refractivity contribution is -0.111. The first kappa shape index (κ1) is 20.6. The van der Waals surface area contributed by atoms with Gasteiger partial charge in [0.1, 0.15) is 0 Å². The smallest absolute Gasteiger partial charge is 0.268 e. The van der Waals surface area contributed by atoms with E-state index in [1.807, 2.05) is 16.7 Å². The maximum atomic E-state index is 12.9. The summed E-state index contributed by atoms with van der Waals surface area (Å²) in [7, 11) is 0. The van der Waals surface area contributed by atoms with E-state index in [-0.39, 0.29) is 24.0 Å². The van der Waals surface area contributed by atoms with Crippen LogP contribution in [0.2, 0.25) is 5.02 Å². The summed E-state index contributed by atoms with van der Waals surface area (Å²) < 4.78 is 1.98. The van der Waals surface area contributed by atoms with Crippen LogP contribution >= 0.6 is 22.9 Å². The number of aliphatic hydroxyl groups excluding tert-OH is 1. The van der Waals surface area contributed by atoms with E-state index in [0.717, 1.165) is 18.4 Å². The van der Waals surface area contributed by atoms with Gasteiger partial charge in [-0.2, -0.15) is 0 Å². The van der Waals surface area contributed by atoms with Crippen LogP contribution in [0.15, 0.2) is 42.3 Å². The Morgan fingerprint density at radius 2 is 2.03 bits per heavy atom. The summed E-state index contributed by atoms with van der Waals surface area (Å²) in [5.74, 6) is -0.229. The Morgan fingerprint density at radius 3 is 2.77 bits per heavy atom. The molecule has 0 atom stereocenters. The van der Waals surface area contributed by atoms with Crippen molar-refractivity contribution in [3.8, 4) is 0 Å². The molecule has 7 nitrogen and oxygen atoms in total. The van der Waals surface area contributed by atoms with E-state index < -0.39 is 0 Å². The van der Waals surface area contributed by atoms with Crippen molar-refractivity contribution in [1.29, 1.82) is 0 Å². The molecule has 3 aromatic rings. The normalized spacial score (nSPS) is 18.9. The quantitative estimate of drug-likeness (QED) is 0.501. The number of halogens is 1. The highest BCUT2D eigenvalue weighted by atomic mass is 35.5. The first-order valence-corrected chi connectivity index (χ1v) is 10.9. The number of para-hydroxylation sites is 1. The molecule has 2 heterocycles. The molecule has 0 spiro atoms. The minimum Gasteiger partial charge on any atom is -0.393 e. The van der Waals surface area contributed by atoms with E-state index in [0.29, 0.717) is 39.9 Å². The van der Waals surface area contributed by atoms with Crippen molar-refractivity contribution in [2.45, 2.75) is 37.8 Å². The monoisotopic (exact) mass is 444 g/mol. The molecule has 4 rings (SSSR count). The molecule has 2 amide bonds. The number of hydrogen-bond acceptors (Lipinski definition) is 5. The SMILES string of the molecule is C=CC(=O)Nc1csc(C(=O)Nc2nc3cccc(Cl)c3n2C2CCC(O)CC2)c1. The lowest BCUT2D eigenvalue weighted by atomic mass is 9.93. The van der Waals surface area contributed by atoms with E-state index in [1.54, 1.807) is 17.5 Å². The molecular weight excluding hydrogens is 424 g/mol. The second kappa shape index (κ2) is 8.59. The van der Waals surface area contributed by atoms with Crippen molar-refractivity contribution in [2.75, 3.05) is 10.6 Å². The van der Waals surface area contributed by atoms with Crippen LogP contribution in [0.5, 0.6) is 0 Å². The van der Waals surface area contributed by atoms with Gasteiger partial charge < -0.3 is 15.0 Å². The van der Waals surface area contributed by atoms with Gasteiger partial charge in [-0.3, -0.25) is 14.9 Å². The predicted molar refractivity (Wildman–Crippen MR) is 119 cm³/mol. The van der Waals surface area contributed by atoms with Gasteiger partial charge in [0.15, 0.2) is 0 Å². The summed E-state index contributed by atoms with van der Waals surface area (Å²) in [6, 6.07) is 7.18. The van der Waals surface area contributed by atoms with E-state index >= 15 is 0 Å². The van der Waals surface area contributed by atoms with E-state index in [2.05, 4.69) is 22.2 Å². The summed E-state index contributed by atoms with van der Waals surface area (Å²) in [6.07, 6.45) is 3.82. The molecular formula is C21H21ClN4O3S. The molecule has 0 saturated heterocycles. The van der Waals surface area contributed by atoms with Gasteiger partial charge in [-0.05, 0) is 50.0 Å². The molecule has 3 N–H and O–H groups in total. The highest BCUT2D eigenvalue weighted by Crippen LogP contribution is 2.37. The van der Waals surface area contributed by atoms with E-state index in [4.69, 9.17) is 11.6 Å². The van der Waals surface area contributed by atoms with Crippen molar-refractivity contribution in [3.05, 3.63) is 52.2 Å². The molecule has 1 aliphatic rings. The number of hydrogen-bond donors (Lipinski definition) is 3. The van der Waals surface area contributed by atoms with Crippen LogP contribution in [0.1, 0.15) is 41.4 Å². The number of anilines is 2. The molecule has 2 aromatic heterocycles. The lowest BCUT2D eigenvalue weighted by Crippen LogP contribution is -2.23. The van der Waals surface area contributed by atoms with Crippen molar-refractivity contribution >= 4 is 57.4 Å². The van der Waals surface area contributed by atoms with E-state index in [9.17, 15) is 14.7 Å². The topological polar surface area (TPSA) is 96.3 Å². The summed E-state index contributed by atoms with van der Waals surface area (Å²) in [4.78, 5) is 29.4. The van der Waals surface area contributed by atoms with Gasteiger partial charge >= 0.3 is 0 Å². The number of nitrogens with zero attached hydrogens (tertiary/aromatic N) is 2. The number of thiophene rings is 1. The highest BCUT2D eigenvalue weighted by Gasteiger charge is 2.27. The molecule has 1 aliphatic carbocycles. The number of carbonyl (C=O) groups is 2. The number of amides is 2. The van der Waals surface area contributed by atoms with Crippen molar-refractivity contribution in [1.82, 2.24) is 9.55 Å². The van der Waals surface area contributed by atoms with Crippen LogP contribution in [-0.2, 0) is 4.79 Å². The Balaban J connectivity index is 1.64. The number of imidazole rings is 1. The number of nitrogens with one attached hydrogen (secondary N) is 2. The minimum absolute atomic E-state index is 0.0828. The molecule has 0 aliphatic heterocycles. The largest absolute Gasteiger partial charge is 0.393 e. The van der Waals surface area contributed by atoms with Crippen LogP contribution in [-0.4, -0.2) is 32.6 Å². The maximum Gasteiger partial charge on any atom is 0.268 e.